The minimum atomic E-state index is -1.24. The van der Waals surface area contributed by atoms with Crippen LogP contribution >= 0.6 is 0 Å². The lowest BCUT2D eigenvalue weighted by molar-refractivity contribution is 0.0689. The number of benzene rings is 1. The van der Waals surface area contributed by atoms with Crippen LogP contribution < -0.4 is 4.74 Å². The number of carboxylic acid groups (broad SMARTS) is 1. The van der Waals surface area contributed by atoms with Gasteiger partial charge in [-0.25, -0.2) is 19.0 Å². The molecule has 0 aliphatic rings. The molecule has 0 amide bonds. The fraction of sp³-hybridized carbons (Fsp3) is 0. The van der Waals surface area contributed by atoms with Gasteiger partial charge in [0.2, 0.25) is 0 Å². The molecule has 19 heavy (non-hydrogen) atoms. The quantitative estimate of drug-likeness (QED) is 0.676. The number of carbonyl (C=O) groups is 2. The predicted molar refractivity (Wildman–Crippen MR) is 62.6 cm³/mol. The molecule has 5 nitrogen and oxygen atoms in total. The highest BCUT2D eigenvalue weighted by Gasteiger charge is 2.13. The highest BCUT2D eigenvalue weighted by atomic mass is 19.1. The molecule has 0 fully saturated rings. The predicted octanol–water partition coefficient (Wildman–Crippen LogP) is 2.14. The molecule has 0 bridgehead atoms. The van der Waals surface area contributed by atoms with Crippen LogP contribution in [0.3, 0.4) is 0 Å². The summed E-state index contributed by atoms with van der Waals surface area (Å²) in [6, 6.07) is 8.84. The third-order valence-corrected chi connectivity index (χ3v) is 2.20. The maximum absolute atomic E-state index is 12.7. The van der Waals surface area contributed by atoms with Crippen molar-refractivity contribution in [1.82, 2.24) is 4.98 Å². The zero-order valence-electron chi connectivity index (χ0n) is 9.54. The number of carbonyl (C=O) groups excluding carboxylic acids is 1. The maximum atomic E-state index is 12.7. The van der Waals surface area contributed by atoms with Gasteiger partial charge in [0, 0.05) is 0 Å². The molecular formula is C13H8FNO4. The summed E-state index contributed by atoms with van der Waals surface area (Å²) in [6.07, 6.45) is 0. The Bertz CT molecular complexity index is 625. The van der Waals surface area contributed by atoms with Crippen molar-refractivity contribution in [3.05, 3.63) is 59.7 Å². The molecule has 0 atom stereocenters. The summed E-state index contributed by atoms with van der Waals surface area (Å²) in [5.74, 6) is -2.36. The smallest absolute Gasteiger partial charge is 0.362 e. The molecule has 6 heteroatoms. The Hall–Kier alpha value is -2.76. The first-order chi connectivity index (χ1) is 9.06. The molecule has 0 saturated carbocycles. The van der Waals surface area contributed by atoms with E-state index in [0.29, 0.717) is 0 Å². The average molecular weight is 261 g/mol. The highest BCUT2D eigenvalue weighted by molar-refractivity contribution is 5.91. The number of esters is 1. The molecule has 0 spiro atoms. The number of rotatable bonds is 3. The van der Waals surface area contributed by atoms with Gasteiger partial charge >= 0.3 is 11.9 Å². The third-order valence-electron chi connectivity index (χ3n) is 2.20. The van der Waals surface area contributed by atoms with Crippen molar-refractivity contribution in [3.63, 3.8) is 0 Å². The monoisotopic (exact) mass is 261 g/mol. The molecule has 0 unspecified atom stereocenters. The van der Waals surface area contributed by atoms with E-state index in [2.05, 4.69) is 4.98 Å². The van der Waals surface area contributed by atoms with Crippen molar-refractivity contribution in [2.24, 2.45) is 0 Å². The first-order valence-electron chi connectivity index (χ1n) is 5.24. The van der Waals surface area contributed by atoms with E-state index in [4.69, 9.17) is 9.84 Å². The number of nitrogens with zero attached hydrogens (tertiary/aromatic N) is 1. The minimum absolute atomic E-state index is 0.135. The first kappa shape index (κ1) is 12.7. The van der Waals surface area contributed by atoms with Crippen LogP contribution in [-0.2, 0) is 0 Å². The average Bonchev–Trinajstić information content (AvgIpc) is 2.41. The van der Waals surface area contributed by atoms with E-state index in [1.807, 2.05) is 0 Å². The van der Waals surface area contributed by atoms with Crippen molar-refractivity contribution in [3.8, 4) is 5.75 Å². The zero-order chi connectivity index (χ0) is 13.8. The molecule has 1 aromatic carbocycles. The van der Waals surface area contributed by atoms with E-state index in [1.54, 1.807) is 0 Å². The number of hydrogen-bond donors (Lipinski definition) is 1. The Kier molecular flexibility index (Phi) is 3.51. The summed E-state index contributed by atoms with van der Waals surface area (Å²) in [7, 11) is 0. The van der Waals surface area contributed by atoms with Gasteiger partial charge < -0.3 is 9.84 Å². The summed E-state index contributed by atoms with van der Waals surface area (Å²) in [4.78, 5) is 26.1. The lowest BCUT2D eigenvalue weighted by Gasteiger charge is -2.04. The van der Waals surface area contributed by atoms with Crippen molar-refractivity contribution in [2.45, 2.75) is 0 Å². The van der Waals surface area contributed by atoms with E-state index in [9.17, 15) is 14.0 Å². The van der Waals surface area contributed by atoms with Crippen LogP contribution in [0.2, 0.25) is 0 Å². The molecule has 0 saturated heterocycles. The molecule has 0 aliphatic heterocycles. The van der Waals surface area contributed by atoms with Crippen LogP contribution in [0.1, 0.15) is 21.0 Å². The molecule has 1 aromatic heterocycles. The van der Waals surface area contributed by atoms with Crippen LogP contribution in [0.15, 0.2) is 42.5 Å². The summed E-state index contributed by atoms with van der Waals surface area (Å²) in [5.41, 5.74) is -0.391. The molecule has 0 radical (unpaired) electrons. The molecule has 1 heterocycles. The van der Waals surface area contributed by atoms with Crippen molar-refractivity contribution < 1.29 is 23.8 Å². The SMILES string of the molecule is O=C(O)c1cccc(C(=O)Oc2ccc(F)cc2)n1. The number of aromatic carboxylic acids is 1. The van der Waals surface area contributed by atoms with Gasteiger partial charge in [-0.1, -0.05) is 6.07 Å². The van der Waals surface area contributed by atoms with Crippen LogP contribution in [-0.4, -0.2) is 22.0 Å². The lowest BCUT2D eigenvalue weighted by Crippen LogP contribution is -2.13. The van der Waals surface area contributed by atoms with Gasteiger partial charge in [-0.15, -0.1) is 0 Å². The summed E-state index contributed by atoms with van der Waals surface area (Å²) < 4.78 is 17.6. The number of carboxylic acids is 1. The zero-order valence-corrected chi connectivity index (χ0v) is 9.54. The molecule has 1 N–H and O–H groups in total. The van der Waals surface area contributed by atoms with Crippen molar-refractivity contribution >= 4 is 11.9 Å². The lowest BCUT2D eigenvalue weighted by atomic mass is 10.3. The van der Waals surface area contributed by atoms with Gasteiger partial charge in [-0.2, -0.15) is 0 Å². The van der Waals surface area contributed by atoms with Crippen molar-refractivity contribution in [2.75, 3.05) is 0 Å². The number of pyridine rings is 1. The molecule has 2 rings (SSSR count). The maximum Gasteiger partial charge on any atom is 0.362 e. The Labute approximate surface area is 107 Å². The van der Waals surface area contributed by atoms with E-state index in [0.717, 1.165) is 12.1 Å². The normalized spacial score (nSPS) is 9.95. The van der Waals surface area contributed by atoms with E-state index in [1.165, 1.54) is 30.3 Å². The van der Waals surface area contributed by atoms with Gasteiger partial charge in [0.15, 0.2) is 0 Å². The Morgan fingerprint density at radius 1 is 1.05 bits per heavy atom. The second-order valence-corrected chi connectivity index (χ2v) is 3.56. The fourth-order valence-electron chi connectivity index (χ4n) is 1.33. The second kappa shape index (κ2) is 5.26. The summed E-state index contributed by atoms with van der Waals surface area (Å²) >= 11 is 0. The molecule has 96 valence electrons. The van der Waals surface area contributed by atoms with Crippen LogP contribution in [0.4, 0.5) is 4.39 Å². The largest absolute Gasteiger partial charge is 0.477 e. The van der Waals surface area contributed by atoms with E-state index < -0.39 is 17.8 Å². The van der Waals surface area contributed by atoms with E-state index in [-0.39, 0.29) is 17.1 Å². The second-order valence-electron chi connectivity index (χ2n) is 3.56. The van der Waals surface area contributed by atoms with Gasteiger partial charge in [-0.3, -0.25) is 0 Å². The summed E-state index contributed by atoms with van der Waals surface area (Å²) in [5, 5.41) is 8.76. The molecular weight excluding hydrogens is 253 g/mol. The molecule has 2 aromatic rings. The van der Waals surface area contributed by atoms with Crippen LogP contribution in [0.5, 0.6) is 5.75 Å². The third kappa shape index (κ3) is 3.12. The standard InChI is InChI=1S/C13H8FNO4/c14-8-4-6-9(7-5-8)19-13(18)11-3-1-2-10(15-11)12(16)17/h1-7H,(H,16,17). The van der Waals surface area contributed by atoms with Crippen molar-refractivity contribution in [1.29, 1.82) is 0 Å². The first-order valence-corrected chi connectivity index (χ1v) is 5.24. The van der Waals surface area contributed by atoms with Gasteiger partial charge in [0.1, 0.15) is 23.0 Å². The van der Waals surface area contributed by atoms with Gasteiger partial charge in [0.05, 0.1) is 0 Å². The van der Waals surface area contributed by atoms with E-state index >= 15 is 0 Å². The summed E-state index contributed by atoms with van der Waals surface area (Å²) in [6.45, 7) is 0. The Morgan fingerprint density at radius 2 is 1.68 bits per heavy atom. The number of aromatic nitrogens is 1. The number of halogens is 1. The minimum Gasteiger partial charge on any atom is -0.477 e. The topological polar surface area (TPSA) is 76.5 Å². The van der Waals surface area contributed by atoms with Gasteiger partial charge in [-0.05, 0) is 36.4 Å². The Morgan fingerprint density at radius 3 is 2.32 bits per heavy atom. The Balaban J connectivity index is 2.18. The molecule has 0 aliphatic carbocycles. The van der Waals surface area contributed by atoms with Crippen LogP contribution in [0, 0.1) is 5.82 Å². The van der Waals surface area contributed by atoms with Crippen LogP contribution in [0.25, 0.3) is 0 Å². The van der Waals surface area contributed by atoms with Gasteiger partial charge in [0.25, 0.3) is 0 Å². The fourth-order valence-corrected chi connectivity index (χ4v) is 1.33. The number of ether oxygens (including phenoxy) is 1. The highest BCUT2D eigenvalue weighted by Crippen LogP contribution is 2.13. The number of hydrogen-bond acceptors (Lipinski definition) is 4.